The Kier molecular flexibility index (Phi) is 5.68. The highest BCUT2D eigenvalue weighted by Gasteiger charge is 2.15. The lowest BCUT2D eigenvalue weighted by atomic mass is 10.1. The number of hydrogen-bond donors (Lipinski definition) is 0. The minimum absolute atomic E-state index is 0.0975. The second-order valence-electron chi connectivity index (χ2n) is 5.04. The molecule has 2 aromatic rings. The van der Waals surface area contributed by atoms with Gasteiger partial charge in [-0.25, -0.2) is 4.39 Å². The Morgan fingerprint density at radius 3 is 2.58 bits per heavy atom. The van der Waals surface area contributed by atoms with Gasteiger partial charge in [0.05, 0.1) is 7.11 Å². The highest BCUT2D eigenvalue weighted by atomic mass is 19.3. The zero-order chi connectivity index (χ0) is 17.7. The van der Waals surface area contributed by atoms with E-state index in [1.165, 1.54) is 55.5 Å². The van der Waals surface area contributed by atoms with Crippen LogP contribution in [0, 0.1) is 5.82 Å². The fourth-order valence-corrected chi connectivity index (χ4v) is 2.18. The molecule has 0 radical (unpaired) electrons. The summed E-state index contributed by atoms with van der Waals surface area (Å²) in [7, 11) is 2.90. The first-order valence-corrected chi connectivity index (χ1v) is 7.03. The predicted octanol–water partition coefficient (Wildman–Crippen LogP) is 3.71. The van der Waals surface area contributed by atoms with Crippen LogP contribution >= 0.6 is 0 Å². The van der Waals surface area contributed by atoms with Crippen molar-refractivity contribution in [2.75, 3.05) is 14.2 Å². The van der Waals surface area contributed by atoms with Gasteiger partial charge >= 0.3 is 6.61 Å². The Labute approximate surface area is 137 Å². The zero-order valence-electron chi connectivity index (χ0n) is 13.1. The molecular weight excluding hydrogens is 323 g/mol. The molecule has 0 saturated carbocycles. The van der Waals surface area contributed by atoms with E-state index in [4.69, 9.17) is 4.74 Å². The molecule has 0 atom stereocenters. The summed E-state index contributed by atoms with van der Waals surface area (Å²) in [5.74, 6) is -0.904. The molecular formula is C17H16F3NO3. The van der Waals surface area contributed by atoms with Crippen molar-refractivity contribution in [2.45, 2.75) is 13.2 Å². The van der Waals surface area contributed by atoms with Gasteiger partial charge in [0, 0.05) is 19.2 Å². The van der Waals surface area contributed by atoms with E-state index in [1.54, 1.807) is 6.07 Å². The molecule has 4 nitrogen and oxygen atoms in total. The second-order valence-corrected chi connectivity index (χ2v) is 5.04. The fraction of sp³-hybridized carbons (Fsp3) is 0.235. The Hall–Kier alpha value is -2.70. The summed E-state index contributed by atoms with van der Waals surface area (Å²) < 4.78 is 47.3. The van der Waals surface area contributed by atoms with E-state index in [2.05, 4.69) is 4.74 Å². The molecule has 0 saturated heterocycles. The van der Waals surface area contributed by atoms with Gasteiger partial charge < -0.3 is 14.4 Å². The summed E-state index contributed by atoms with van der Waals surface area (Å²) in [6.45, 7) is -2.81. The molecule has 1 amide bonds. The predicted molar refractivity (Wildman–Crippen MR) is 81.8 cm³/mol. The van der Waals surface area contributed by atoms with E-state index in [0.29, 0.717) is 5.56 Å². The van der Waals surface area contributed by atoms with Gasteiger partial charge in [0.25, 0.3) is 5.91 Å². The van der Waals surface area contributed by atoms with E-state index in [0.717, 1.165) is 0 Å². The molecule has 0 aliphatic heterocycles. The number of rotatable bonds is 6. The van der Waals surface area contributed by atoms with Crippen LogP contribution in [0.2, 0.25) is 0 Å². The first-order chi connectivity index (χ1) is 11.4. The van der Waals surface area contributed by atoms with Crippen LogP contribution < -0.4 is 9.47 Å². The van der Waals surface area contributed by atoms with E-state index in [9.17, 15) is 18.0 Å². The Morgan fingerprint density at radius 1 is 1.21 bits per heavy atom. The van der Waals surface area contributed by atoms with Gasteiger partial charge in [-0.3, -0.25) is 4.79 Å². The molecule has 0 heterocycles. The maximum Gasteiger partial charge on any atom is 0.387 e. The number of methoxy groups -OCH3 is 1. The molecule has 0 aliphatic rings. The van der Waals surface area contributed by atoms with Gasteiger partial charge in [-0.1, -0.05) is 12.1 Å². The van der Waals surface area contributed by atoms with Crippen LogP contribution in [-0.2, 0) is 6.54 Å². The monoisotopic (exact) mass is 339 g/mol. The molecule has 2 rings (SSSR count). The first kappa shape index (κ1) is 17.7. The van der Waals surface area contributed by atoms with Crippen LogP contribution in [0.3, 0.4) is 0 Å². The van der Waals surface area contributed by atoms with Gasteiger partial charge in [-0.15, -0.1) is 0 Å². The standard InChI is InChI=1S/C17H16F3NO3/c1-21(10-11-6-7-15(23-2)14(18)8-11)16(22)12-4-3-5-13(9-12)24-17(19)20/h3-9,17H,10H2,1-2H3. The number of hydrogen-bond acceptors (Lipinski definition) is 3. The zero-order valence-corrected chi connectivity index (χ0v) is 13.1. The number of ether oxygens (including phenoxy) is 2. The molecule has 7 heteroatoms. The number of carbonyl (C=O) groups excluding carboxylic acids is 1. The van der Waals surface area contributed by atoms with E-state index < -0.39 is 18.3 Å². The molecule has 2 aromatic carbocycles. The van der Waals surface area contributed by atoms with Crippen molar-refractivity contribution in [1.82, 2.24) is 4.90 Å². The van der Waals surface area contributed by atoms with Gasteiger partial charge in [0.1, 0.15) is 5.75 Å². The average molecular weight is 339 g/mol. The molecule has 24 heavy (non-hydrogen) atoms. The lowest BCUT2D eigenvalue weighted by Crippen LogP contribution is -2.26. The lowest BCUT2D eigenvalue weighted by molar-refractivity contribution is -0.0499. The second kappa shape index (κ2) is 7.72. The van der Waals surface area contributed by atoms with Crippen molar-refractivity contribution in [3.63, 3.8) is 0 Å². The quantitative estimate of drug-likeness (QED) is 0.805. The molecule has 128 valence electrons. The van der Waals surface area contributed by atoms with Gasteiger partial charge in [0.15, 0.2) is 11.6 Å². The van der Waals surface area contributed by atoms with E-state index >= 15 is 0 Å². The molecule has 0 fully saturated rings. The van der Waals surface area contributed by atoms with E-state index in [-0.39, 0.29) is 23.6 Å². The van der Waals surface area contributed by atoms with E-state index in [1.807, 2.05) is 0 Å². The topological polar surface area (TPSA) is 38.8 Å². The summed E-state index contributed by atoms with van der Waals surface area (Å²) in [4.78, 5) is 13.7. The summed E-state index contributed by atoms with van der Waals surface area (Å²) in [6, 6.07) is 9.90. The minimum Gasteiger partial charge on any atom is -0.494 e. The fourth-order valence-electron chi connectivity index (χ4n) is 2.18. The van der Waals surface area contributed by atoms with Crippen molar-refractivity contribution in [3.8, 4) is 11.5 Å². The molecule has 0 N–H and O–H groups in total. The molecule has 0 aromatic heterocycles. The van der Waals surface area contributed by atoms with Crippen molar-refractivity contribution < 1.29 is 27.4 Å². The summed E-state index contributed by atoms with van der Waals surface area (Å²) in [6.07, 6.45) is 0. The van der Waals surface area contributed by atoms with Crippen LogP contribution in [0.25, 0.3) is 0 Å². The van der Waals surface area contributed by atoms with Crippen LogP contribution in [0.1, 0.15) is 15.9 Å². The Balaban J connectivity index is 2.10. The van der Waals surface area contributed by atoms with Crippen LogP contribution in [0.5, 0.6) is 11.5 Å². The smallest absolute Gasteiger partial charge is 0.387 e. The normalized spacial score (nSPS) is 10.6. The van der Waals surface area contributed by atoms with Crippen LogP contribution in [-0.4, -0.2) is 31.6 Å². The third kappa shape index (κ3) is 4.41. The maximum absolute atomic E-state index is 13.7. The molecule has 0 spiro atoms. The highest BCUT2D eigenvalue weighted by Crippen LogP contribution is 2.20. The summed E-state index contributed by atoms with van der Waals surface area (Å²) in [5.41, 5.74) is 0.772. The van der Waals surface area contributed by atoms with Crippen molar-refractivity contribution in [1.29, 1.82) is 0 Å². The number of halogens is 3. The summed E-state index contributed by atoms with van der Waals surface area (Å²) in [5, 5.41) is 0. The van der Waals surface area contributed by atoms with Crippen LogP contribution in [0.15, 0.2) is 42.5 Å². The van der Waals surface area contributed by atoms with Gasteiger partial charge in [-0.2, -0.15) is 8.78 Å². The molecule has 0 aliphatic carbocycles. The highest BCUT2D eigenvalue weighted by molar-refractivity contribution is 5.94. The van der Waals surface area contributed by atoms with Crippen molar-refractivity contribution in [3.05, 3.63) is 59.4 Å². The van der Waals surface area contributed by atoms with Crippen molar-refractivity contribution >= 4 is 5.91 Å². The molecule has 0 unspecified atom stereocenters. The number of amides is 1. The number of alkyl halides is 2. The maximum atomic E-state index is 13.7. The summed E-state index contributed by atoms with van der Waals surface area (Å²) >= 11 is 0. The van der Waals surface area contributed by atoms with Gasteiger partial charge in [0.2, 0.25) is 0 Å². The largest absolute Gasteiger partial charge is 0.494 e. The molecule has 0 bridgehead atoms. The third-order valence-corrected chi connectivity index (χ3v) is 3.29. The third-order valence-electron chi connectivity index (χ3n) is 3.29. The Morgan fingerprint density at radius 2 is 1.96 bits per heavy atom. The Bertz CT molecular complexity index is 722. The average Bonchev–Trinajstić information content (AvgIpc) is 2.54. The number of benzene rings is 2. The van der Waals surface area contributed by atoms with Crippen molar-refractivity contribution in [2.24, 2.45) is 0 Å². The lowest BCUT2D eigenvalue weighted by Gasteiger charge is -2.18. The number of nitrogens with zero attached hydrogens (tertiary/aromatic N) is 1. The van der Waals surface area contributed by atoms with Gasteiger partial charge in [-0.05, 0) is 35.9 Å². The SMILES string of the molecule is COc1ccc(CN(C)C(=O)c2cccc(OC(F)F)c2)cc1F. The minimum atomic E-state index is -2.96. The number of carbonyl (C=O) groups is 1. The van der Waals surface area contributed by atoms with Crippen LogP contribution in [0.4, 0.5) is 13.2 Å². The first-order valence-electron chi connectivity index (χ1n) is 7.03.